The summed E-state index contributed by atoms with van der Waals surface area (Å²) in [4.78, 5) is 15.3. The lowest BCUT2D eigenvalue weighted by atomic mass is 10.1. The number of hydrogen-bond donors (Lipinski definition) is 1. The van der Waals surface area contributed by atoms with Crippen molar-refractivity contribution in [3.63, 3.8) is 0 Å². The Bertz CT molecular complexity index is 1020. The summed E-state index contributed by atoms with van der Waals surface area (Å²) in [6.07, 6.45) is 3.89. The molecule has 0 bridgehead atoms. The largest absolute Gasteiger partial charge is 0.489 e. The maximum atomic E-state index is 12.8. The smallest absolute Gasteiger partial charge is 0.278 e. The molecule has 4 rings (SSSR count). The fraction of sp³-hybridized carbons (Fsp3) is 0.360. The minimum atomic E-state index is -0.302. The Hall–Kier alpha value is -3.12. The van der Waals surface area contributed by atoms with Crippen LogP contribution in [0.4, 0.5) is 5.69 Å². The second-order valence-electron chi connectivity index (χ2n) is 8.16. The number of aryl methyl sites for hydroxylation is 2. The molecule has 0 spiro atoms. The van der Waals surface area contributed by atoms with E-state index in [4.69, 9.17) is 9.26 Å². The Morgan fingerprint density at radius 2 is 1.87 bits per heavy atom. The van der Waals surface area contributed by atoms with Gasteiger partial charge in [-0.2, -0.15) is 0 Å². The lowest BCUT2D eigenvalue weighted by molar-refractivity contribution is 0.101. The van der Waals surface area contributed by atoms with Crippen LogP contribution in [0.25, 0.3) is 0 Å². The molecule has 3 aromatic rings. The molecule has 2 heterocycles. The molecule has 0 radical (unpaired) electrons. The van der Waals surface area contributed by atoms with E-state index in [0.717, 1.165) is 36.6 Å². The van der Waals surface area contributed by atoms with E-state index in [1.807, 2.05) is 43.3 Å². The molecule has 2 aromatic carbocycles. The molecular weight excluding hydrogens is 390 g/mol. The molecule has 1 amide bonds. The van der Waals surface area contributed by atoms with E-state index in [-0.39, 0.29) is 18.2 Å². The van der Waals surface area contributed by atoms with Gasteiger partial charge in [0.2, 0.25) is 0 Å². The fourth-order valence-electron chi connectivity index (χ4n) is 3.86. The van der Waals surface area contributed by atoms with Crippen LogP contribution < -0.4 is 10.1 Å². The number of aromatic nitrogens is 1. The molecule has 162 valence electrons. The van der Waals surface area contributed by atoms with Gasteiger partial charge in [0.05, 0.1) is 5.56 Å². The Labute approximate surface area is 183 Å². The van der Waals surface area contributed by atoms with Gasteiger partial charge in [0.1, 0.15) is 18.1 Å². The van der Waals surface area contributed by atoms with Gasteiger partial charge in [-0.25, -0.2) is 0 Å². The molecule has 0 saturated carbocycles. The van der Waals surface area contributed by atoms with Crippen molar-refractivity contribution in [3.05, 3.63) is 76.7 Å². The van der Waals surface area contributed by atoms with Gasteiger partial charge in [0, 0.05) is 12.2 Å². The summed E-state index contributed by atoms with van der Waals surface area (Å²) < 4.78 is 11.1. The lowest BCUT2D eigenvalue weighted by Crippen LogP contribution is -2.29. The molecule has 0 aliphatic carbocycles. The zero-order valence-electron chi connectivity index (χ0n) is 18.2. The minimum Gasteiger partial charge on any atom is -0.489 e. The summed E-state index contributed by atoms with van der Waals surface area (Å²) in [7, 11) is 0. The Balaban J connectivity index is 1.38. The van der Waals surface area contributed by atoms with Gasteiger partial charge in [0.25, 0.3) is 5.91 Å². The molecular formula is C25H29N3O3. The van der Waals surface area contributed by atoms with Crippen molar-refractivity contribution in [2.75, 3.05) is 18.4 Å². The van der Waals surface area contributed by atoms with Crippen LogP contribution >= 0.6 is 0 Å². The number of carbonyl (C=O) groups excluding carboxylic acids is 1. The standard InChI is InChI=1S/C25H29N3O3/c1-18-7-6-8-22(15-18)30-17-23-19(2)31-27-24(23)25(29)26-21-11-9-20(10-12-21)16-28-13-4-3-5-14-28/h6-12,15H,3-5,13-14,16-17H2,1-2H3,(H,26,29). The molecule has 0 atom stereocenters. The van der Waals surface area contributed by atoms with E-state index < -0.39 is 0 Å². The molecule has 31 heavy (non-hydrogen) atoms. The van der Waals surface area contributed by atoms with Crippen molar-refractivity contribution in [2.45, 2.75) is 46.3 Å². The van der Waals surface area contributed by atoms with Crippen LogP contribution in [0, 0.1) is 13.8 Å². The number of rotatable bonds is 7. The third-order valence-corrected chi connectivity index (χ3v) is 5.64. The van der Waals surface area contributed by atoms with Crippen molar-refractivity contribution >= 4 is 11.6 Å². The van der Waals surface area contributed by atoms with Crippen LogP contribution in [-0.4, -0.2) is 29.1 Å². The first kappa shape index (κ1) is 21.1. The van der Waals surface area contributed by atoms with E-state index in [9.17, 15) is 4.79 Å². The van der Waals surface area contributed by atoms with Crippen molar-refractivity contribution in [1.29, 1.82) is 0 Å². The Morgan fingerprint density at radius 3 is 2.61 bits per heavy atom. The molecule has 6 heteroatoms. The number of carbonyl (C=O) groups is 1. The summed E-state index contributed by atoms with van der Waals surface area (Å²) >= 11 is 0. The SMILES string of the molecule is Cc1cccc(OCc2c(C(=O)Nc3ccc(CN4CCCCC4)cc3)noc2C)c1. The van der Waals surface area contributed by atoms with Gasteiger partial charge in [-0.05, 0) is 75.2 Å². The first-order valence-electron chi connectivity index (χ1n) is 10.9. The van der Waals surface area contributed by atoms with Crippen LogP contribution in [0.2, 0.25) is 0 Å². The molecule has 1 fully saturated rings. The zero-order valence-corrected chi connectivity index (χ0v) is 18.2. The predicted molar refractivity (Wildman–Crippen MR) is 120 cm³/mol. The maximum Gasteiger partial charge on any atom is 0.278 e. The van der Waals surface area contributed by atoms with Gasteiger partial charge >= 0.3 is 0 Å². The first-order valence-corrected chi connectivity index (χ1v) is 10.9. The van der Waals surface area contributed by atoms with Crippen molar-refractivity contribution in [2.24, 2.45) is 0 Å². The Morgan fingerprint density at radius 1 is 1.10 bits per heavy atom. The first-order chi connectivity index (χ1) is 15.1. The maximum absolute atomic E-state index is 12.8. The predicted octanol–water partition coefficient (Wildman–Crippen LogP) is 5.11. The van der Waals surface area contributed by atoms with Crippen LogP contribution in [0.1, 0.15) is 52.2 Å². The van der Waals surface area contributed by atoms with Crippen LogP contribution in [-0.2, 0) is 13.2 Å². The highest BCUT2D eigenvalue weighted by Gasteiger charge is 2.21. The second kappa shape index (κ2) is 9.79. The summed E-state index contributed by atoms with van der Waals surface area (Å²) in [6, 6.07) is 15.8. The average molecular weight is 420 g/mol. The molecule has 1 aromatic heterocycles. The third-order valence-electron chi connectivity index (χ3n) is 5.64. The number of benzene rings is 2. The van der Waals surface area contributed by atoms with Crippen LogP contribution in [0.5, 0.6) is 5.75 Å². The third kappa shape index (κ3) is 5.52. The van der Waals surface area contributed by atoms with Crippen LogP contribution in [0.3, 0.4) is 0 Å². The number of nitrogens with zero attached hydrogens (tertiary/aromatic N) is 2. The minimum absolute atomic E-state index is 0.219. The number of anilines is 1. The Kier molecular flexibility index (Phi) is 6.67. The topological polar surface area (TPSA) is 67.6 Å². The molecule has 1 saturated heterocycles. The number of amides is 1. The quantitative estimate of drug-likeness (QED) is 0.576. The number of ether oxygens (including phenoxy) is 1. The highest BCUT2D eigenvalue weighted by Crippen LogP contribution is 2.21. The van der Waals surface area contributed by atoms with Crippen LogP contribution in [0.15, 0.2) is 53.1 Å². The number of piperidine rings is 1. The summed E-state index contributed by atoms with van der Waals surface area (Å²) in [5.41, 5.74) is 4.01. The van der Waals surface area contributed by atoms with E-state index in [1.54, 1.807) is 6.92 Å². The van der Waals surface area contributed by atoms with Gasteiger partial charge < -0.3 is 14.6 Å². The van der Waals surface area contributed by atoms with E-state index in [1.165, 1.54) is 24.8 Å². The molecule has 1 aliphatic heterocycles. The normalized spacial score (nSPS) is 14.4. The van der Waals surface area contributed by atoms with Gasteiger partial charge in [-0.1, -0.05) is 35.8 Å². The van der Waals surface area contributed by atoms with Crippen molar-refractivity contribution < 1.29 is 14.1 Å². The van der Waals surface area contributed by atoms with Gasteiger partial charge in [-0.3, -0.25) is 9.69 Å². The number of nitrogens with one attached hydrogen (secondary N) is 1. The molecule has 0 unspecified atom stereocenters. The van der Waals surface area contributed by atoms with Gasteiger partial charge in [-0.15, -0.1) is 0 Å². The monoisotopic (exact) mass is 419 g/mol. The molecule has 1 N–H and O–H groups in total. The zero-order chi connectivity index (χ0) is 21.6. The van der Waals surface area contributed by atoms with Gasteiger partial charge in [0.15, 0.2) is 5.69 Å². The summed E-state index contributed by atoms with van der Waals surface area (Å²) in [5, 5.41) is 6.88. The van der Waals surface area contributed by atoms with E-state index >= 15 is 0 Å². The van der Waals surface area contributed by atoms with Crippen molar-refractivity contribution in [3.8, 4) is 5.75 Å². The van der Waals surface area contributed by atoms with E-state index in [0.29, 0.717) is 11.3 Å². The highest BCUT2D eigenvalue weighted by molar-refractivity contribution is 6.03. The number of likely N-dealkylation sites (tertiary alicyclic amines) is 1. The van der Waals surface area contributed by atoms with Crippen molar-refractivity contribution in [1.82, 2.24) is 10.1 Å². The second-order valence-corrected chi connectivity index (χ2v) is 8.16. The summed E-state index contributed by atoms with van der Waals surface area (Å²) in [5.74, 6) is 1.02. The van der Waals surface area contributed by atoms with E-state index in [2.05, 4.69) is 27.5 Å². The fourth-order valence-corrected chi connectivity index (χ4v) is 3.86. The average Bonchev–Trinajstić information content (AvgIpc) is 3.15. The molecule has 1 aliphatic rings. The summed E-state index contributed by atoms with van der Waals surface area (Å²) in [6.45, 7) is 7.30. The lowest BCUT2D eigenvalue weighted by Gasteiger charge is -2.26. The number of hydrogen-bond acceptors (Lipinski definition) is 5. The highest BCUT2D eigenvalue weighted by atomic mass is 16.5. The molecule has 6 nitrogen and oxygen atoms in total.